The van der Waals surface area contributed by atoms with Gasteiger partial charge in [0.15, 0.2) is 0 Å². The van der Waals surface area contributed by atoms with E-state index in [1.807, 2.05) is 6.08 Å². The lowest BCUT2D eigenvalue weighted by Crippen LogP contribution is -2.43. The van der Waals surface area contributed by atoms with E-state index < -0.39 is 0 Å². The lowest BCUT2D eigenvalue weighted by atomic mass is 10.0. The number of piperidine rings is 1. The highest BCUT2D eigenvalue weighted by molar-refractivity contribution is 4.81. The van der Waals surface area contributed by atoms with Gasteiger partial charge in [0.2, 0.25) is 0 Å². The van der Waals surface area contributed by atoms with E-state index in [1.54, 1.807) is 0 Å². The second kappa shape index (κ2) is 5.40. The fraction of sp³-hybridized carbons (Fsp3) is 0.818. The number of likely N-dealkylation sites (tertiary alicyclic amines) is 1. The Morgan fingerprint density at radius 1 is 1.46 bits per heavy atom. The molecule has 2 heteroatoms. The first-order valence-electron chi connectivity index (χ1n) is 5.31. The molecule has 1 heterocycles. The van der Waals surface area contributed by atoms with Crippen molar-refractivity contribution in [3.8, 4) is 0 Å². The Labute approximate surface area is 82.2 Å². The van der Waals surface area contributed by atoms with Crippen LogP contribution in [0.25, 0.3) is 0 Å². The second-order valence-electron chi connectivity index (χ2n) is 3.89. The molecule has 0 saturated carbocycles. The van der Waals surface area contributed by atoms with Crippen LogP contribution < -0.4 is 0 Å². The minimum Gasteiger partial charge on any atom is -0.304 e. The average molecular weight is 182 g/mol. The topological polar surface area (TPSA) is 6.48 Å². The molecule has 1 aliphatic heterocycles. The molecule has 1 aliphatic rings. The van der Waals surface area contributed by atoms with Gasteiger partial charge in [-0.05, 0) is 39.5 Å². The van der Waals surface area contributed by atoms with Gasteiger partial charge in [-0.3, -0.25) is 4.90 Å². The molecule has 0 N–H and O–H groups in total. The summed E-state index contributed by atoms with van der Waals surface area (Å²) in [5.74, 6) is 0. The van der Waals surface area contributed by atoms with Crippen molar-refractivity contribution in [2.45, 2.75) is 25.8 Å². The fourth-order valence-corrected chi connectivity index (χ4v) is 1.98. The van der Waals surface area contributed by atoms with Gasteiger partial charge < -0.3 is 4.90 Å². The Morgan fingerprint density at radius 3 is 2.54 bits per heavy atom. The van der Waals surface area contributed by atoms with Crippen LogP contribution in [0.15, 0.2) is 12.7 Å². The molecule has 0 aromatic rings. The first-order chi connectivity index (χ1) is 6.27. The lowest BCUT2D eigenvalue weighted by molar-refractivity contribution is 0.140. The average Bonchev–Trinajstić information content (AvgIpc) is 2.18. The van der Waals surface area contributed by atoms with Gasteiger partial charge in [0.25, 0.3) is 0 Å². The molecule has 1 rings (SSSR count). The summed E-state index contributed by atoms with van der Waals surface area (Å²) in [5.41, 5.74) is 0. The number of hydrogen-bond acceptors (Lipinski definition) is 2. The minimum absolute atomic E-state index is 0.811. The van der Waals surface area contributed by atoms with Gasteiger partial charge in [-0.2, -0.15) is 0 Å². The molecule has 0 aliphatic carbocycles. The van der Waals surface area contributed by atoms with Crippen molar-refractivity contribution >= 4 is 0 Å². The van der Waals surface area contributed by atoms with Crippen LogP contribution in [0.4, 0.5) is 0 Å². The van der Waals surface area contributed by atoms with Gasteiger partial charge in [-0.15, -0.1) is 6.58 Å². The molecule has 0 aromatic carbocycles. The summed E-state index contributed by atoms with van der Waals surface area (Å²) in [6.07, 6.45) is 4.64. The monoisotopic (exact) mass is 182 g/mol. The van der Waals surface area contributed by atoms with Gasteiger partial charge in [0, 0.05) is 12.6 Å². The number of nitrogens with zero attached hydrogens (tertiary/aromatic N) is 2. The zero-order valence-electron chi connectivity index (χ0n) is 9.00. The Hall–Kier alpha value is -0.340. The third kappa shape index (κ3) is 3.12. The Morgan fingerprint density at radius 2 is 2.08 bits per heavy atom. The fourth-order valence-electron chi connectivity index (χ4n) is 1.98. The Bertz CT molecular complexity index is 148. The summed E-state index contributed by atoms with van der Waals surface area (Å²) in [6, 6.07) is 0.811. The Balaban J connectivity index is 2.25. The van der Waals surface area contributed by atoms with Gasteiger partial charge >= 0.3 is 0 Å². The van der Waals surface area contributed by atoms with Gasteiger partial charge in [-0.25, -0.2) is 0 Å². The van der Waals surface area contributed by atoms with Crippen LogP contribution in [0, 0.1) is 0 Å². The first kappa shape index (κ1) is 10.7. The predicted molar refractivity (Wildman–Crippen MR) is 58.0 cm³/mol. The molecule has 0 radical (unpaired) electrons. The van der Waals surface area contributed by atoms with Crippen LogP contribution in [0.3, 0.4) is 0 Å². The van der Waals surface area contributed by atoms with Gasteiger partial charge in [0.05, 0.1) is 0 Å². The minimum atomic E-state index is 0.811. The largest absolute Gasteiger partial charge is 0.304 e. The molecule has 0 amide bonds. The maximum absolute atomic E-state index is 3.77. The highest BCUT2D eigenvalue weighted by Crippen LogP contribution is 2.14. The molecule has 0 aromatic heterocycles. The molecule has 13 heavy (non-hydrogen) atoms. The summed E-state index contributed by atoms with van der Waals surface area (Å²) in [7, 11) is 2.23. The summed E-state index contributed by atoms with van der Waals surface area (Å²) in [5, 5.41) is 0. The van der Waals surface area contributed by atoms with E-state index in [1.165, 1.54) is 32.5 Å². The van der Waals surface area contributed by atoms with E-state index in [0.29, 0.717) is 0 Å². The molecule has 2 nitrogen and oxygen atoms in total. The van der Waals surface area contributed by atoms with Crippen molar-refractivity contribution in [2.24, 2.45) is 0 Å². The summed E-state index contributed by atoms with van der Waals surface area (Å²) >= 11 is 0. The summed E-state index contributed by atoms with van der Waals surface area (Å²) in [6.45, 7) is 10.7. The van der Waals surface area contributed by atoms with E-state index in [4.69, 9.17) is 0 Å². The summed E-state index contributed by atoms with van der Waals surface area (Å²) < 4.78 is 0. The quantitative estimate of drug-likeness (QED) is 0.609. The smallest absolute Gasteiger partial charge is 0.0160 e. The van der Waals surface area contributed by atoms with E-state index >= 15 is 0 Å². The van der Waals surface area contributed by atoms with Crippen molar-refractivity contribution < 1.29 is 0 Å². The van der Waals surface area contributed by atoms with Crippen molar-refractivity contribution in [2.75, 3.05) is 33.2 Å². The molecule has 0 spiro atoms. The highest BCUT2D eigenvalue weighted by Gasteiger charge is 2.20. The molecule has 76 valence electrons. The van der Waals surface area contributed by atoms with Crippen molar-refractivity contribution in [1.29, 1.82) is 0 Å². The van der Waals surface area contributed by atoms with Gasteiger partial charge in [-0.1, -0.05) is 13.0 Å². The SMILES string of the molecule is C=CCN1CCC(N(C)CC)CC1. The van der Waals surface area contributed by atoms with Crippen LogP contribution in [0.1, 0.15) is 19.8 Å². The van der Waals surface area contributed by atoms with E-state index in [0.717, 1.165) is 12.6 Å². The molecular formula is C11H22N2. The Kier molecular flexibility index (Phi) is 4.46. The van der Waals surface area contributed by atoms with Gasteiger partial charge in [0.1, 0.15) is 0 Å². The van der Waals surface area contributed by atoms with Crippen molar-refractivity contribution in [3.05, 3.63) is 12.7 Å². The normalized spacial score (nSPS) is 20.8. The van der Waals surface area contributed by atoms with Crippen LogP contribution in [0.2, 0.25) is 0 Å². The molecular weight excluding hydrogens is 160 g/mol. The van der Waals surface area contributed by atoms with Crippen LogP contribution in [0.5, 0.6) is 0 Å². The first-order valence-corrected chi connectivity index (χ1v) is 5.31. The van der Waals surface area contributed by atoms with Crippen LogP contribution in [-0.4, -0.2) is 49.1 Å². The van der Waals surface area contributed by atoms with Crippen molar-refractivity contribution in [1.82, 2.24) is 9.80 Å². The lowest BCUT2D eigenvalue weighted by Gasteiger charge is -2.35. The van der Waals surface area contributed by atoms with E-state index in [2.05, 4.69) is 30.4 Å². The maximum Gasteiger partial charge on any atom is 0.0160 e. The van der Waals surface area contributed by atoms with E-state index in [-0.39, 0.29) is 0 Å². The number of hydrogen-bond donors (Lipinski definition) is 0. The highest BCUT2D eigenvalue weighted by atomic mass is 15.2. The molecule has 0 bridgehead atoms. The second-order valence-corrected chi connectivity index (χ2v) is 3.89. The van der Waals surface area contributed by atoms with E-state index in [9.17, 15) is 0 Å². The maximum atomic E-state index is 3.77. The third-order valence-electron chi connectivity index (χ3n) is 3.07. The van der Waals surface area contributed by atoms with Crippen LogP contribution in [-0.2, 0) is 0 Å². The third-order valence-corrected chi connectivity index (χ3v) is 3.07. The zero-order valence-corrected chi connectivity index (χ0v) is 9.00. The molecule has 0 atom stereocenters. The summed E-state index contributed by atoms with van der Waals surface area (Å²) in [4.78, 5) is 4.94. The standard InChI is InChI=1S/C11H22N2/c1-4-8-13-9-6-11(7-10-13)12(3)5-2/h4,11H,1,5-10H2,2-3H3. The molecule has 1 fully saturated rings. The predicted octanol–water partition coefficient (Wildman–Crippen LogP) is 1.59. The number of rotatable bonds is 4. The molecule has 1 saturated heterocycles. The molecule has 0 unspecified atom stereocenters. The zero-order chi connectivity index (χ0) is 9.68. The van der Waals surface area contributed by atoms with Crippen molar-refractivity contribution in [3.63, 3.8) is 0 Å². The van der Waals surface area contributed by atoms with Crippen LogP contribution >= 0.6 is 0 Å².